The van der Waals surface area contributed by atoms with Crippen LogP contribution in [0.5, 0.6) is 0 Å². The smallest absolute Gasteiger partial charge is 0.317 e. The Kier molecular flexibility index (Phi) is 6.07. The van der Waals surface area contributed by atoms with Gasteiger partial charge in [0.1, 0.15) is 5.88 Å². The van der Waals surface area contributed by atoms with Crippen LogP contribution in [0, 0.1) is 0 Å². The van der Waals surface area contributed by atoms with Crippen molar-refractivity contribution in [1.29, 1.82) is 0 Å². The quantitative estimate of drug-likeness (QED) is 0.659. The Morgan fingerprint density at radius 1 is 1.24 bits per heavy atom. The Hall–Kier alpha value is -1.01. The molecule has 0 atom stereocenters. The van der Waals surface area contributed by atoms with Gasteiger partial charge in [0.25, 0.3) is 0 Å². The normalized spacial score (nSPS) is 16.7. The maximum atomic E-state index is 11.3. The van der Waals surface area contributed by atoms with Gasteiger partial charge in [0.2, 0.25) is 5.91 Å². The zero-order valence-electron chi connectivity index (χ0n) is 10.0. The maximum Gasteiger partial charge on any atom is 0.317 e. The molecule has 6 nitrogen and oxygen atoms in total. The van der Waals surface area contributed by atoms with E-state index in [1.807, 2.05) is 0 Å². The van der Waals surface area contributed by atoms with Crippen molar-refractivity contribution < 1.29 is 9.59 Å². The minimum absolute atomic E-state index is 0.00441. The van der Waals surface area contributed by atoms with E-state index in [1.54, 1.807) is 11.9 Å². The van der Waals surface area contributed by atoms with Crippen molar-refractivity contribution in [2.75, 3.05) is 52.2 Å². The topological polar surface area (TPSA) is 64.7 Å². The first-order valence-electron chi connectivity index (χ1n) is 5.69. The number of urea groups is 1. The second-order valence-electron chi connectivity index (χ2n) is 3.87. The van der Waals surface area contributed by atoms with E-state index in [0.717, 1.165) is 32.7 Å². The average Bonchev–Trinajstić information content (AvgIpc) is 2.38. The van der Waals surface area contributed by atoms with Crippen molar-refractivity contribution in [3.63, 3.8) is 0 Å². The Bertz CT molecular complexity index is 264. The molecule has 0 aliphatic carbocycles. The monoisotopic (exact) mass is 262 g/mol. The second-order valence-corrected chi connectivity index (χ2v) is 4.13. The van der Waals surface area contributed by atoms with Gasteiger partial charge in [0.05, 0.1) is 0 Å². The van der Waals surface area contributed by atoms with Crippen LogP contribution in [-0.2, 0) is 4.79 Å². The maximum absolute atomic E-state index is 11.3. The lowest BCUT2D eigenvalue weighted by Gasteiger charge is -2.34. The molecule has 0 aromatic heterocycles. The number of nitrogens with zero attached hydrogens (tertiary/aromatic N) is 2. The second kappa shape index (κ2) is 7.34. The lowest BCUT2D eigenvalue weighted by Crippen LogP contribution is -2.52. The predicted octanol–water partition coefficient (Wildman–Crippen LogP) is -0.702. The largest absolute Gasteiger partial charge is 0.354 e. The number of hydrogen-bond acceptors (Lipinski definition) is 3. The number of hydrogen-bond donors (Lipinski definition) is 2. The molecule has 98 valence electrons. The first-order valence-corrected chi connectivity index (χ1v) is 6.22. The van der Waals surface area contributed by atoms with E-state index in [9.17, 15) is 9.59 Å². The third kappa shape index (κ3) is 4.79. The molecule has 0 spiro atoms. The van der Waals surface area contributed by atoms with Gasteiger partial charge in [-0.2, -0.15) is 0 Å². The third-order valence-electron chi connectivity index (χ3n) is 2.74. The molecule has 0 aromatic rings. The van der Waals surface area contributed by atoms with Gasteiger partial charge in [-0.25, -0.2) is 4.79 Å². The van der Waals surface area contributed by atoms with Crippen molar-refractivity contribution in [2.24, 2.45) is 0 Å². The van der Waals surface area contributed by atoms with Crippen molar-refractivity contribution in [3.05, 3.63) is 0 Å². The van der Waals surface area contributed by atoms with Crippen LogP contribution in [0.25, 0.3) is 0 Å². The highest BCUT2D eigenvalue weighted by atomic mass is 35.5. The SMILES string of the molecule is CNC(=O)N1CCN(CCNC(=O)CCl)CC1. The molecule has 2 N–H and O–H groups in total. The molecule has 1 rings (SSSR count). The van der Waals surface area contributed by atoms with E-state index in [0.29, 0.717) is 6.54 Å². The summed E-state index contributed by atoms with van der Waals surface area (Å²) in [5, 5.41) is 5.33. The van der Waals surface area contributed by atoms with Crippen LogP contribution < -0.4 is 10.6 Å². The highest BCUT2D eigenvalue weighted by molar-refractivity contribution is 6.27. The average molecular weight is 263 g/mol. The highest BCUT2D eigenvalue weighted by Gasteiger charge is 2.19. The van der Waals surface area contributed by atoms with Crippen LogP contribution in [0.15, 0.2) is 0 Å². The molecule has 3 amide bonds. The van der Waals surface area contributed by atoms with Crippen LogP contribution in [0.3, 0.4) is 0 Å². The molecule has 0 saturated carbocycles. The van der Waals surface area contributed by atoms with Crippen LogP contribution in [-0.4, -0.2) is 73.9 Å². The van der Waals surface area contributed by atoms with Crippen LogP contribution in [0.1, 0.15) is 0 Å². The van der Waals surface area contributed by atoms with E-state index < -0.39 is 0 Å². The number of rotatable bonds is 4. The molecule has 1 heterocycles. The summed E-state index contributed by atoms with van der Waals surface area (Å²) < 4.78 is 0. The van der Waals surface area contributed by atoms with Crippen LogP contribution in [0.4, 0.5) is 4.79 Å². The lowest BCUT2D eigenvalue weighted by molar-refractivity contribution is -0.118. The summed E-state index contributed by atoms with van der Waals surface area (Å²) in [6.07, 6.45) is 0. The Morgan fingerprint density at radius 2 is 1.88 bits per heavy atom. The molecule has 0 bridgehead atoms. The molecule has 1 fully saturated rings. The molecule has 0 aromatic carbocycles. The number of halogens is 1. The summed E-state index contributed by atoms with van der Waals surface area (Å²) in [6, 6.07) is -0.0277. The fraction of sp³-hybridized carbons (Fsp3) is 0.800. The number of nitrogens with one attached hydrogen (secondary N) is 2. The Balaban J connectivity index is 2.15. The molecule has 0 unspecified atom stereocenters. The number of amides is 3. The summed E-state index contributed by atoms with van der Waals surface area (Å²) in [4.78, 5) is 26.3. The summed E-state index contributed by atoms with van der Waals surface area (Å²) in [7, 11) is 1.64. The molecule has 1 aliphatic rings. The van der Waals surface area contributed by atoms with Gasteiger partial charge >= 0.3 is 6.03 Å². The van der Waals surface area contributed by atoms with E-state index in [4.69, 9.17) is 11.6 Å². The summed E-state index contributed by atoms with van der Waals surface area (Å²) in [5.41, 5.74) is 0. The number of carbonyl (C=O) groups excluding carboxylic acids is 2. The fourth-order valence-electron chi connectivity index (χ4n) is 1.73. The van der Waals surface area contributed by atoms with E-state index in [1.165, 1.54) is 0 Å². The number of alkyl halides is 1. The van der Waals surface area contributed by atoms with Gasteiger partial charge < -0.3 is 15.5 Å². The van der Waals surface area contributed by atoms with E-state index in [2.05, 4.69) is 15.5 Å². The highest BCUT2D eigenvalue weighted by Crippen LogP contribution is 2.00. The first kappa shape index (κ1) is 14.1. The first-order chi connectivity index (χ1) is 8.17. The molecule has 7 heteroatoms. The standard InChI is InChI=1S/C10H19ClN4O2/c1-12-10(17)15-6-4-14(5-7-15)3-2-13-9(16)8-11/h2-8H2,1H3,(H,12,17)(H,13,16). The fourth-order valence-corrected chi connectivity index (χ4v) is 1.83. The minimum atomic E-state index is -0.143. The summed E-state index contributed by atoms with van der Waals surface area (Å²) >= 11 is 5.37. The third-order valence-corrected chi connectivity index (χ3v) is 2.99. The molecular weight excluding hydrogens is 244 g/mol. The van der Waals surface area contributed by atoms with Gasteiger partial charge in [-0.05, 0) is 0 Å². The predicted molar refractivity (Wildman–Crippen MR) is 66.2 cm³/mol. The van der Waals surface area contributed by atoms with Gasteiger partial charge in [0.15, 0.2) is 0 Å². The van der Waals surface area contributed by atoms with Gasteiger partial charge in [-0.1, -0.05) is 0 Å². The van der Waals surface area contributed by atoms with Crippen molar-refractivity contribution in [3.8, 4) is 0 Å². The van der Waals surface area contributed by atoms with Crippen molar-refractivity contribution >= 4 is 23.5 Å². The summed E-state index contributed by atoms with van der Waals surface area (Å²) in [6.45, 7) is 4.52. The summed E-state index contributed by atoms with van der Waals surface area (Å²) in [5.74, 6) is -0.138. The molecule has 0 radical (unpaired) electrons. The van der Waals surface area contributed by atoms with Crippen molar-refractivity contribution in [1.82, 2.24) is 20.4 Å². The Labute approximate surface area is 106 Å². The minimum Gasteiger partial charge on any atom is -0.354 e. The molecule has 1 aliphatic heterocycles. The number of carbonyl (C=O) groups is 2. The molecule has 1 saturated heterocycles. The van der Waals surface area contributed by atoms with Gasteiger partial charge in [-0.3, -0.25) is 9.69 Å². The zero-order chi connectivity index (χ0) is 12.7. The van der Waals surface area contributed by atoms with Crippen LogP contribution in [0.2, 0.25) is 0 Å². The molecular formula is C10H19ClN4O2. The van der Waals surface area contributed by atoms with Crippen molar-refractivity contribution in [2.45, 2.75) is 0 Å². The van der Waals surface area contributed by atoms with Gasteiger partial charge in [0, 0.05) is 46.3 Å². The van der Waals surface area contributed by atoms with E-state index in [-0.39, 0.29) is 17.8 Å². The molecule has 17 heavy (non-hydrogen) atoms. The van der Waals surface area contributed by atoms with E-state index >= 15 is 0 Å². The Morgan fingerprint density at radius 3 is 2.41 bits per heavy atom. The number of piperazine rings is 1. The van der Waals surface area contributed by atoms with Gasteiger partial charge in [-0.15, -0.1) is 11.6 Å². The van der Waals surface area contributed by atoms with Crippen LogP contribution >= 0.6 is 11.6 Å². The zero-order valence-corrected chi connectivity index (χ0v) is 10.8. The lowest BCUT2D eigenvalue weighted by atomic mass is 10.3.